The minimum absolute atomic E-state index is 0.109. The summed E-state index contributed by atoms with van der Waals surface area (Å²) in [6.07, 6.45) is 17.8. The van der Waals surface area contributed by atoms with Gasteiger partial charge in [0.25, 0.3) is 0 Å². The normalized spacial score (nSPS) is 42.7. The van der Waals surface area contributed by atoms with Crippen molar-refractivity contribution < 1.29 is 5.11 Å². The molecule has 4 rings (SSSR count). The Bertz CT molecular complexity index is 686. The number of fused-ring (bicyclic) bond motifs is 5. The van der Waals surface area contributed by atoms with E-state index in [2.05, 4.69) is 53.7 Å². The van der Waals surface area contributed by atoms with Crippen molar-refractivity contribution in [1.82, 2.24) is 0 Å². The van der Waals surface area contributed by atoms with Crippen LogP contribution in [0.2, 0.25) is 0 Å². The number of allylic oxidation sites excluding steroid dienone is 3. The van der Waals surface area contributed by atoms with Crippen LogP contribution >= 0.6 is 0 Å². The van der Waals surface area contributed by atoms with E-state index in [9.17, 15) is 5.11 Å². The summed E-state index contributed by atoms with van der Waals surface area (Å²) in [4.78, 5) is 0. The van der Waals surface area contributed by atoms with Crippen molar-refractivity contribution in [2.24, 2.45) is 46.3 Å². The third-order valence-electron chi connectivity index (χ3n) is 10.8. The first-order valence-electron chi connectivity index (χ1n) is 13.3. The second-order valence-corrected chi connectivity index (χ2v) is 12.5. The van der Waals surface area contributed by atoms with Gasteiger partial charge in [-0.25, -0.2) is 0 Å². The molecule has 1 N–H and O–H groups in total. The second-order valence-electron chi connectivity index (χ2n) is 12.5. The lowest BCUT2D eigenvalue weighted by molar-refractivity contribution is 0.0315. The Labute approximate surface area is 186 Å². The predicted molar refractivity (Wildman–Crippen MR) is 128 cm³/mol. The molecule has 4 aliphatic carbocycles. The molecule has 3 fully saturated rings. The van der Waals surface area contributed by atoms with Gasteiger partial charge in [0, 0.05) is 0 Å². The average Bonchev–Trinajstić information content (AvgIpc) is 3.06. The Morgan fingerprint density at radius 3 is 2.43 bits per heavy atom. The molecule has 3 saturated carbocycles. The maximum atomic E-state index is 10.2. The van der Waals surface area contributed by atoms with E-state index < -0.39 is 0 Å². The molecule has 0 aliphatic heterocycles. The lowest BCUT2D eigenvalue weighted by Crippen LogP contribution is -2.46. The minimum atomic E-state index is -0.109. The highest BCUT2D eigenvalue weighted by Crippen LogP contribution is 2.66. The first-order chi connectivity index (χ1) is 14.2. The van der Waals surface area contributed by atoms with Crippen molar-refractivity contribution in [2.45, 2.75) is 112 Å². The van der Waals surface area contributed by atoms with Crippen LogP contribution < -0.4 is 0 Å². The van der Waals surface area contributed by atoms with E-state index >= 15 is 0 Å². The number of rotatable bonds is 6. The van der Waals surface area contributed by atoms with Gasteiger partial charge in [-0.3, -0.25) is 0 Å². The van der Waals surface area contributed by atoms with E-state index in [1.807, 2.05) is 0 Å². The Morgan fingerprint density at radius 1 is 0.967 bits per heavy atom. The molecule has 0 saturated heterocycles. The van der Waals surface area contributed by atoms with Gasteiger partial charge in [-0.05, 0) is 97.7 Å². The van der Waals surface area contributed by atoms with Crippen molar-refractivity contribution in [3.05, 3.63) is 23.3 Å². The zero-order chi connectivity index (χ0) is 21.7. The lowest BCUT2D eigenvalue weighted by atomic mass is 9.50. The third-order valence-corrected chi connectivity index (χ3v) is 10.8. The van der Waals surface area contributed by atoms with Crippen molar-refractivity contribution in [3.8, 4) is 0 Å². The molecular weight excluding hydrogens is 364 g/mol. The van der Waals surface area contributed by atoms with Crippen molar-refractivity contribution in [3.63, 3.8) is 0 Å². The fourth-order valence-corrected chi connectivity index (χ4v) is 8.65. The predicted octanol–water partition coefficient (Wildman–Crippen LogP) is 7.94. The van der Waals surface area contributed by atoms with Crippen LogP contribution in [0.15, 0.2) is 23.3 Å². The van der Waals surface area contributed by atoms with Crippen molar-refractivity contribution in [2.75, 3.05) is 0 Å². The van der Waals surface area contributed by atoms with Gasteiger partial charge in [0.15, 0.2) is 0 Å². The molecule has 0 aromatic heterocycles. The molecule has 0 spiro atoms. The topological polar surface area (TPSA) is 20.2 Å². The van der Waals surface area contributed by atoms with Crippen LogP contribution in [-0.4, -0.2) is 11.2 Å². The molecule has 0 aromatic rings. The number of aliphatic hydroxyl groups excluding tert-OH is 1. The number of hydrogen-bond donors (Lipinski definition) is 1. The molecule has 30 heavy (non-hydrogen) atoms. The van der Waals surface area contributed by atoms with Gasteiger partial charge in [-0.1, -0.05) is 77.7 Å². The highest BCUT2D eigenvalue weighted by atomic mass is 16.3. The largest absolute Gasteiger partial charge is 0.393 e. The summed E-state index contributed by atoms with van der Waals surface area (Å²) in [5, 5.41) is 10.2. The summed E-state index contributed by atoms with van der Waals surface area (Å²) in [6.45, 7) is 15.0. The maximum Gasteiger partial charge on any atom is 0.0578 e. The van der Waals surface area contributed by atoms with E-state index in [1.54, 1.807) is 11.1 Å². The van der Waals surface area contributed by atoms with Crippen LogP contribution in [0.1, 0.15) is 106 Å². The van der Waals surface area contributed by atoms with Crippen LogP contribution in [0.5, 0.6) is 0 Å². The first-order valence-corrected chi connectivity index (χ1v) is 13.3. The molecule has 8 unspecified atom stereocenters. The highest BCUT2D eigenvalue weighted by molar-refractivity contribution is 5.38. The molecule has 0 aromatic carbocycles. The fourth-order valence-electron chi connectivity index (χ4n) is 8.65. The maximum absolute atomic E-state index is 10.2. The summed E-state index contributed by atoms with van der Waals surface area (Å²) in [5.41, 5.74) is 4.17. The Morgan fingerprint density at radius 2 is 1.73 bits per heavy atom. The SMILES string of the molecule is CCC(CCC(C)C1CCC2C3=CC=C4CC(O)CCC4(C)C3CCC21C)C(C)C. The summed E-state index contributed by atoms with van der Waals surface area (Å²) in [7, 11) is 0. The smallest absolute Gasteiger partial charge is 0.0578 e. The van der Waals surface area contributed by atoms with Crippen LogP contribution in [-0.2, 0) is 0 Å². The van der Waals surface area contributed by atoms with Gasteiger partial charge >= 0.3 is 0 Å². The van der Waals surface area contributed by atoms with Gasteiger partial charge in [0.2, 0.25) is 0 Å². The van der Waals surface area contributed by atoms with E-state index in [4.69, 9.17) is 0 Å². The summed E-state index contributed by atoms with van der Waals surface area (Å²) in [6, 6.07) is 0. The van der Waals surface area contributed by atoms with E-state index in [1.165, 1.54) is 51.4 Å². The molecular formula is C29H48O. The summed E-state index contributed by atoms with van der Waals surface area (Å²) in [5.74, 6) is 5.03. The van der Waals surface area contributed by atoms with Gasteiger partial charge in [0.05, 0.1) is 6.10 Å². The van der Waals surface area contributed by atoms with E-state index in [0.717, 1.165) is 48.3 Å². The molecule has 0 radical (unpaired) electrons. The molecule has 4 aliphatic rings. The Kier molecular flexibility index (Phi) is 6.35. The zero-order valence-electron chi connectivity index (χ0n) is 20.7. The van der Waals surface area contributed by atoms with Crippen LogP contribution in [0, 0.1) is 46.3 Å². The van der Waals surface area contributed by atoms with Gasteiger partial charge in [-0.2, -0.15) is 0 Å². The van der Waals surface area contributed by atoms with Crippen LogP contribution in [0.4, 0.5) is 0 Å². The monoisotopic (exact) mass is 412 g/mol. The van der Waals surface area contributed by atoms with Gasteiger partial charge < -0.3 is 5.11 Å². The first kappa shape index (κ1) is 22.6. The van der Waals surface area contributed by atoms with Gasteiger partial charge in [0.1, 0.15) is 0 Å². The fraction of sp³-hybridized carbons (Fsp3) is 0.862. The van der Waals surface area contributed by atoms with Crippen molar-refractivity contribution >= 4 is 0 Å². The molecule has 0 amide bonds. The summed E-state index contributed by atoms with van der Waals surface area (Å²) < 4.78 is 0. The van der Waals surface area contributed by atoms with Crippen molar-refractivity contribution in [1.29, 1.82) is 0 Å². The summed E-state index contributed by atoms with van der Waals surface area (Å²) >= 11 is 0. The highest BCUT2D eigenvalue weighted by Gasteiger charge is 2.56. The third kappa shape index (κ3) is 3.66. The average molecular weight is 413 g/mol. The Balaban J connectivity index is 1.51. The molecule has 1 heteroatoms. The Hall–Kier alpha value is -0.560. The lowest BCUT2D eigenvalue weighted by Gasteiger charge is -2.55. The van der Waals surface area contributed by atoms with E-state index in [0.29, 0.717) is 10.8 Å². The number of aliphatic hydroxyl groups is 1. The van der Waals surface area contributed by atoms with E-state index in [-0.39, 0.29) is 6.10 Å². The van der Waals surface area contributed by atoms with Gasteiger partial charge in [-0.15, -0.1) is 0 Å². The van der Waals surface area contributed by atoms with Crippen LogP contribution in [0.3, 0.4) is 0 Å². The minimum Gasteiger partial charge on any atom is -0.393 e. The van der Waals surface area contributed by atoms with Crippen LogP contribution in [0.25, 0.3) is 0 Å². The number of hydrogen-bond acceptors (Lipinski definition) is 1. The quantitative estimate of drug-likeness (QED) is 0.469. The second kappa shape index (κ2) is 8.42. The standard InChI is InChI=1S/C29H48O/c1-7-21(19(2)3)9-8-20(4)25-12-13-26-24-11-10-22-18-23(30)14-16-28(22,5)27(24)15-17-29(25,26)6/h10-11,19-21,23,25-27,30H,7-9,12-18H2,1-6H3. The molecule has 8 atom stereocenters. The molecule has 1 nitrogen and oxygen atoms in total. The zero-order valence-corrected chi connectivity index (χ0v) is 20.7. The molecule has 0 bridgehead atoms. The molecule has 170 valence electrons. The molecule has 0 heterocycles.